The molecule has 0 saturated heterocycles. The number of hydrogen-bond acceptors (Lipinski definition) is 4. The van der Waals surface area contributed by atoms with E-state index in [4.69, 9.17) is 5.11 Å². The molecule has 2 rings (SSSR count). The van der Waals surface area contributed by atoms with E-state index in [9.17, 15) is 4.79 Å². The summed E-state index contributed by atoms with van der Waals surface area (Å²) in [4.78, 5) is 16.3. The molecule has 0 unspecified atom stereocenters. The number of amides is 1. The molecule has 0 aliphatic heterocycles. The lowest BCUT2D eigenvalue weighted by Crippen LogP contribution is -2.38. The number of nitrogens with zero attached hydrogens (tertiary/aromatic N) is 1. The lowest BCUT2D eigenvalue weighted by molar-refractivity contribution is 0.0420. The molecular weight excluding hydrogens is 212 g/mol. The van der Waals surface area contributed by atoms with Gasteiger partial charge in [-0.2, -0.15) is 0 Å². The Kier molecular flexibility index (Phi) is 3.02. The van der Waals surface area contributed by atoms with Gasteiger partial charge in [0.25, 0.3) is 5.91 Å². The quantitative estimate of drug-likeness (QED) is 0.806. The van der Waals surface area contributed by atoms with Crippen molar-refractivity contribution in [2.24, 2.45) is 5.92 Å². The summed E-state index contributed by atoms with van der Waals surface area (Å²) in [6, 6.07) is 0. The lowest BCUT2D eigenvalue weighted by Gasteiger charge is -2.31. The molecule has 15 heavy (non-hydrogen) atoms. The highest BCUT2D eigenvalue weighted by Gasteiger charge is 2.27. The van der Waals surface area contributed by atoms with Gasteiger partial charge in [-0.1, -0.05) is 0 Å². The first-order valence-electron chi connectivity index (χ1n) is 5.04. The van der Waals surface area contributed by atoms with Gasteiger partial charge < -0.3 is 10.4 Å². The molecule has 1 aromatic rings. The number of aryl methyl sites for hydroxylation is 1. The van der Waals surface area contributed by atoms with Crippen LogP contribution in [0.5, 0.6) is 0 Å². The Morgan fingerprint density at radius 1 is 1.73 bits per heavy atom. The van der Waals surface area contributed by atoms with Crippen molar-refractivity contribution >= 4 is 17.2 Å². The number of carbonyl (C=O) groups excluding carboxylic acids is 1. The molecular formula is C10H14N2O2S. The van der Waals surface area contributed by atoms with Crippen molar-refractivity contribution in [1.29, 1.82) is 0 Å². The van der Waals surface area contributed by atoms with Crippen LogP contribution < -0.4 is 5.32 Å². The number of thiazole rings is 1. The summed E-state index contributed by atoms with van der Waals surface area (Å²) in [5.41, 5.74) is 0. The fraction of sp³-hybridized carbons (Fsp3) is 0.600. The molecule has 1 heterocycles. The fourth-order valence-electron chi connectivity index (χ4n) is 1.66. The zero-order valence-corrected chi connectivity index (χ0v) is 9.38. The van der Waals surface area contributed by atoms with Crippen LogP contribution >= 0.6 is 11.3 Å². The van der Waals surface area contributed by atoms with Crippen LogP contribution in [0.3, 0.4) is 0 Å². The Hall–Kier alpha value is -0.940. The fourth-order valence-corrected chi connectivity index (χ4v) is 2.35. The number of nitrogens with one attached hydrogen (secondary N) is 1. The van der Waals surface area contributed by atoms with E-state index in [2.05, 4.69) is 10.3 Å². The van der Waals surface area contributed by atoms with Crippen LogP contribution in [0.2, 0.25) is 0 Å². The van der Waals surface area contributed by atoms with E-state index in [0.29, 0.717) is 17.3 Å². The van der Waals surface area contributed by atoms with Gasteiger partial charge in [0.15, 0.2) is 0 Å². The maximum atomic E-state index is 11.6. The van der Waals surface area contributed by atoms with Gasteiger partial charge in [-0.05, 0) is 25.7 Å². The van der Waals surface area contributed by atoms with Gasteiger partial charge in [-0.25, -0.2) is 4.98 Å². The molecule has 1 aromatic heterocycles. The zero-order valence-electron chi connectivity index (χ0n) is 8.56. The molecule has 0 atom stereocenters. The summed E-state index contributed by atoms with van der Waals surface area (Å²) in [6.45, 7) is 2.54. The summed E-state index contributed by atoms with van der Waals surface area (Å²) in [5, 5.41) is 12.8. The van der Waals surface area contributed by atoms with Gasteiger partial charge in [-0.15, -0.1) is 11.3 Å². The van der Waals surface area contributed by atoms with Gasteiger partial charge in [0.2, 0.25) is 0 Å². The number of aromatic nitrogens is 1. The molecule has 1 aliphatic carbocycles. The molecule has 82 valence electrons. The molecule has 0 radical (unpaired) electrons. The van der Waals surface area contributed by atoms with Gasteiger partial charge in [0.1, 0.15) is 4.88 Å². The summed E-state index contributed by atoms with van der Waals surface area (Å²) < 4.78 is 0. The Morgan fingerprint density at radius 2 is 2.47 bits per heavy atom. The van der Waals surface area contributed by atoms with Crippen LogP contribution in [0, 0.1) is 12.8 Å². The van der Waals surface area contributed by atoms with E-state index in [0.717, 1.165) is 17.8 Å². The maximum absolute atomic E-state index is 11.6. The second-order valence-electron chi connectivity index (χ2n) is 3.94. The van der Waals surface area contributed by atoms with Crippen LogP contribution in [0.25, 0.3) is 0 Å². The lowest BCUT2D eigenvalue weighted by atomic mass is 9.82. The van der Waals surface area contributed by atoms with Gasteiger partial charge >= 0.3 is 0 Å². The van der Waals surface area contributed by atoms with Crippen molar-refractivity contribution in [1.82, 2.24) is 10.3 Å². The average Bonchev–Trinajstić information content (AvgIpc) is 2.57. The van der Waals surface area contributed by atoms with Crippen molar-refractivity contribution in [3.63, 3.8) is 0 Å². The predicted octanol–water partition coefficient (Wildman–Crippen LogP) is 0.952. The van der Waals surface area contributed by atoms with Crippen LogP contribution in [-0.2, 0) is 0 Å². The second-order valence-corrected chi connectivity index (χ2v) is 5.18. The minimum absolute atomic E-state index is 0.0537. The highest BCUT2D eigenvalue weighted by molar-refractivity contribution is 7.13. The molecule has 1 fully saturated rings. The summed E-state index contributed by atoms with van der Waals surface area (Å²) in [6.07, 6.45) is 3.06. The first-order valence-corrected chi connectivity index (χ1v) is 5.85. The van der Waals surface area contributed by atoms with E-state index in [1.165, 1.54) is 11.3 Å². The number of carbonyl (C=O) groups is 1. The van der Waals surface area contributed by atoms with Crippen LogP contribution in [0.15, 0.2) is 6.20 Å². The smallest absolute Gasteiger partial charge is 0.263 e. The van der Waals surface area contributed by atoms with Crippen molar-refractivity contribution in [3.05, 3.63) is 16.1 Å². The van der Waals surface area contributed by atoms with Gasteiger partial charge in [0.05, 0.1) is 17.3 Å². The Labute approximate surface area is 92.3 Å². The maximum Gasteiger partial charge on any atom is 0.263 e. The van der Waals surface area contributed by atoms with Crippen molar-refractivity contribution in [2.75, 3.05) is 6.54 Å². The Morgan fingerprint density at radius 3 is 3.00 bits per heavy atom. The normalized spacial score (nSPS) is 24.7. The van der Waals surface area contributed by atoms with E-state index in [1.807, 2.05) is 6.92 Å². The molecule has 0 bridgehead atoms. The Bertz CT molecular complexity index is 358. The molecule has 2 N–H and O–H groups in total. The summed E-state index contributed by atoms with van der Waals surface area (Å²) in [5.74, 6) is 0.389. The molecule has 4 nitrogen and oxygen atoms in total. The highest BCUT2D eigenvalue weighted by atomic mass is 32.1. The third-order valence-corrected chi connectivity index (χ3v) is 3.52. The number of hydrogen-bond donors (Lipinski definition) is 2. The third kappa shape index (κ3) is 2.54. The number of aliphatic hydroxyl groups is 1. The van der Waals surface area contributed by atoms with Crippen LogP contribution in [0.4, 0.5) is 0 Å². The molecule has 1 aliphatic rings. The van der Waals surface area contributed by atoms with Crippen molar-refractivity contribution in [3.8, 4) is 0 Å². The zero-order chi connectivity index (χ0) is 10.8. The third-order valence-electron chi connectivity index (χ3n) is 2.61. The van der Waals surface area contributed by atoms with E-state index in [1.54, 1.807) is 6.20 Å². The summed E-state index contributed by atoms with van der Waals surface area (Å²) >= 11 is 1.40. The predicted molar refractivity (Wildman–Crippen MR) is 57.9 cm³/mol. The minimum Gasteiger partial charge on any atom is -0.393 e. The minimum atomic E-state index is -0.155. The monoisotopic (exact) mass is 226 g/mol. The van der Waals surface area contributed by atoms with Gasteiger partial charge in [-0.3, -0.25) is 4.79 Å². The topological polar surface area (TPSA) is 62.2 Å². The standard InChI is InChI=1S/C10H14N2O2S/c1-6-11-5-9(15-6)10(14)12-4-7-2-8(13)3-7/h5,7-8,13H,2-4H2,1H3,(H,12,14). The van der Waals surface area contributed by atoms with Crippen LogP contribution in [0.1, 0.15) is 27.5 Å². The van der Waals surface area contributed by atoms with Crippen LogP contribution in [-0.4, -0.2) is 28.6 Å². The number of rotatable bonds is 3. The first-order chi connectivity index (χ1) is 7.15. The van der Waals surface area contributed by atoms with E-state index >= 15 is 0 Å². The van der Waals surface area contributed by atoms with Gasteiger partial charge in [0, 0.05) is 6.54 Å². The molecule has 0 spiro atoms. The number of aliphatic hydroxyl groups excluding tert-OH is 1. The second kappa shape index (κ2) is 4.28. The molecule has 1 saturated carbocycles. The average molecular weight is 226 g/mol. The Balaban J connectivity index is 1.78. The highest BCUT2D eigenvalue weighted by Crippen LogP contribution is 2.26. The SMILES string of the molecule is Cc1ncc(C(=O)NCC2CC(O)C2)s1. The van der Waals surface area contributed by atoms with Crippen molar-refractivity contribution < 1.29 is 9.90 Å². The summed E-state index contributed by atoms with van der Waals surface area (Å²) in [7, 11) is 0. The largest absolute Gasteiger partial charge is 0.393 e. The molecule has 1 amide bonds. The van der Waals surface area contributed by atoms with E-state index in [-0.39, 0.29) is 12.0 Å². The molecule has 0 aromatic carbocycles. The molecule has 5 heteroatoms. The first kappa shape index (κ1) is 10.6. The van der Waals surface area contributed by atoms with Crippen molar-refractivity contribution in [2.45, 2.75) is 25.9 Å². The van der Waals surface area contributed by atoms with E-state index < -0.39 is 0 Å².